The van der Waals surface area contributed by atoms with E-state index in [1.807, 2.05) is 0 Å². The van der Waals surface area contributed by atoms with Crippen molar-refractivity contribution in [3.8, 4) is 0 Å². The van der Waals surface area contributed by atoms with Gasteiger partial charge >= 0.3 is 0 Å². The SMILES string of the molecule is CC=CCCC=CCCC=CCCC=CCCCc1ccccc1. The van der Waals surface area contributed by atoms with E-state index < -0.39 is 0 Å². The fraction of sp³-hybridized carbons (Fsp3) is 0.417. The highest BCUT2D eigenvalue weighted by Crippen LogP contribution is 2.05. The summed E-state index contributed by atoms with van der Waals surface area (Å²) in [5.41, 5.74) is 1.45. The molecule has 0 fully saturated rings. The highest BCUT2D eigenvalue weighted by atomic mass is 13.9. The number of allylic oxidation sites excluding steroid dienone is 8. The number of hydrogen-bond donors (Lipinski definition) is 0. The first-order valence-corrected chi connectivity index (χ1v) is 9.53. The van der Waals surface area contributed by atoms with E-state index in [-0.39, 0.29) is 0 Å². The van der Waals surface area contributed by atoms with Crippen molar-refractivity contribution < 1.29 is 0 Å². The van der Waals surface area contributed by atoms with Crippen molar-refractivity contribution in [3.63, 3.8) is 0 Å². The Morgan fingerprint density at radius 2 is 1.04 bits per heavy atom. The highest BCUT2D eigenvalue weighted by molar-refractivity contribution is 5.14. The lowest BCUT2D eigenvalue weighted by atomic mass is 10.1. The molecule has 0 nitrogen and oxygen atoms in total. The van der Waals surface area contributed by atoms with Crippen LogP contribution in [0.4, 0.5) is 0 Å². The van der Waals surface area contributed by atoms with Crippen LogP contribution in [0.15, 0.2) is 78.9 Å². The zero-order chi connectivity index (χ0) is 17.1. The minimum atomic E-state index is 1.17. The van der Waals surface area contributed by atoms with Crippen LogP contribution in [0.1, 0.15) is 63.9 Å². The molecule has 1 aromatic carbocycles. The summed E-state index contributed by atoms with van der Waals surface area (Å²) in [6.45, 7) is 2.08. The van der Waals surface area contributed by atoms with Gasteiger partial charge in [0.15, 0.2) is 0 Å². The Morgan fingerprint density at radius 1 is 0.583 bits per heavy atom. The van der Waals surface area contributed by atoms with Gasteiger partial charge in [-0.15, -0.1) is 0 Å². The first kappa shape index (κ1) is 20.2. The zero-order valence-corrected chi connectivity index (χ0v) is 15.4. The second kappa shape index (κ2) is 16.1. The molecule has 0 heteroatoms. The van der Waals surface area contributed by atoms with Gasteiger partial charge in [-0.1, -0.05) is 78.9 Å². The molecule has 0 amide bonds. The summed E-state index contributed by atoms with van der Waals surface area (Å²) in [6, 6.07) is 10.8. The van der Waals surface area contributed by atoms with Crippen LogP contribution >= 0.6 is 0 Å². The molecule has 0 aromatic heterocycles. The normalized spacial score (nSPS) is 12.4. The van der Waals surface area contributed by atoms with Crippen molar-refractivity contribution in [1.82, 2.24) is 0 Å². The lowest BCUT2D eigenvalue weighted by Gasteiger charge is -1.97. The lowest BCUT2D eigenvalue weighted by molar-refractivity contribution is 0.838. The van der Waals surface area contributed by atoms with Crippen molar-refractivity contribution >= 4 is 0 Å². The maximum atomic E-state index is 2.34. The molecule has 0 aliphatic rings. The summed E-state index contributed by atoms with van der Waals surface area (Å²) < 4.78 is 0. The first-order valence-electron chi connectivity index (χ1n) is 9.53. The number of aryl methyl sites for hydroxylation is 1. The standard InChI is InChI=1S/C24H34/c1-2-3-4-5-6-7-8-9-10-11-12-13-14-15-16-18-21-24-22-19-17-20-23-24/h2-3,6-7,10-11,14-15,17,19-20,22-23H,4-5,8-9,12-13,16,18,21H2,1H3. The van der Waals surface area contributed by atoms with E-state index in [1.165, 1.54) is 63.4 Å². The highest BCUT2D eigenvalue weighted by Gasteiger charge is 1.89. The molecule has 0 unspecified atom stereocenters. The van der Waals surface area contributed by atoms with Crippen LogP contribution in [0.25, 0.3) is 0 Å². The van der Waals surface area contributed by atoms with Crippen LogP contribution in [-0.2, 0) is 6.42 Å². The van der Waals surface area contributed by atoms with E-state index >= 15 is 0 Å². The molecule has 24 heavy (non-hydrogen) atoms. The molecule has 0 radical (unpaired) electrons. The molecule has 1 rings (SSSR count). The summed E-state index contributed by atoms with van der Waals surface area (Å²) in [5.74, 6) is 0. The van der Waals surface area contributed by atoms with Gasteiger partial charge in [-0.05, 0) is 70.3 Å². The Balaban J connectivity index is 1.90. The van der Waals surface area contributed by atoms with E-state index in [0.29, 0.717) is 0 Å². The quantitative estimate of drug-likeness (QED) is 0.259. The molecule has 0 bridgehead atoms. The number of rotatable bonds is 13. The number of benzene rings is 1. The van der Waals surface area contributed by atoms with Crippen LogP contribution in [0, 0.1) is 0 Å². The Kier molecular flexibility index (Phi) is 13.5. The average Bonchev–Trinajstić information content (AvgIpc) is 2.62. The largest absolute Gasteiger partial charge is 0.0917 e. The van der Waals surface area contributed by atoms with Crippen LogP contribution in [0.5, 0.6) is 0 Å². The van der Waals surface area contributed by atoms with Crippen molar-refractivity contribution in [2.24, 2.45) is 0 Å². The Morgan fingerprint density at radius 3 is 1.54 bits per heavy atom. The summed E-state index contributed by atoms with van der Waals surface area (Å²) >= 11 is 0. The predicted molar refractivity (Wildman–Crippen MR) is 109 cm³/mol. The smallest absolute Gasteiger partial charge is 0.0276 e. The van der Waals surface area contributed by atoms with E-state index in [0.717, 1.165) is 0 Å². The molecule has 0 atom stereocenters. The van der Waals surface area contributed by atoms with Crippen molar-refractivity contribution in [1.29, 1.82) is 0 Å². The Labute approximate surface area is 149 Å². The van der Waals surface area contributed by atoms with Gasteiger partial charge in [0.1, 0.15) is 0 Å². The van der Waals surface area contributed by atoms with E-state index in [4.69, 9.17) is 0 Å². The van der Waals surface area contributed by atoms with Crippen molar-refractivity contribution in [3.05, 3.63) is 84.5 Å². The third-order valence-corrected chi connectivity index (χ3v) is 3.91. The van der Waals surface area contributed by atoms with Crippen molar-refractivity contribution in [2.75, 3.05) is 0 Å². The molecular weight excluding hydrogens is 288 g/mol. The molecular formula is C24H34. The van der Waals surface area contributed by atoms with E-state index in [9.17, 15) is 0 Å². The van der Waals surface area contributed by atoms with E-state index in [2.05, 4.69) is 85.9 Å². The van der Waals surface area contributed by atoms with Gasteiger partial charge in [0.05, 0.1) is 0 Å². The lowest BCUT2D eigenvalue weighted by Crippen LogP contribution is -1.82. The first-order chi connectivity index (χ1) is 11.9. The summed E-state index contributed by atoms with van der Waals surface area (Å²) in [4.78, 5) is 0. The van der Waals surface area contributed by atoms with Gasteiger partial charge < -0.3 is 0 Å². The Bertz CT molecular complexity index is 488. The van der Waals surface area contributed by atoms with Crippen LogP contribution in [0.2, 0.25) is 0 Å². The second-order valence-electron chi connectivity index (χ2n) is 6.09. The molecule has 0 spiro atoms. The van der Waals surface area contributed by atoms with Gasteiger partial charge in [-0.2, -0.15) is 0 Å². The maximum absolute atomic E-state index is 2.34. The molecule has 0 N–H and O–H groups in total. The fourth-order valence-electron chi connectivity index (χ4n) is 2.52. The zero-order valence-electron chi connectivity index (χ0n) is 15.4. The maximum Gasteiger partial charge on any atom is -0.0276 e. The van der Waals surface area contributed by atoms with Gasteiger partial charge in [-0.3, -0.25) is 0 Å². The minimum Gasteiger partial charge on any atom is -0.0917 e. The minimum absolute atomic E-state index is 1.17. The Hall–Kier alpha value is -1.82. The molecule has 0 aliphatic carbocycles. The molecule has 0 aliphatic heterocycles. The monoisotopic (exact) mass is 322 g/mol. The summed E-state index contributed by atoms with van der Waals surface area (Å²) in [5, 5.41) is 0. The van der Waals surface area contributed by atoms with Gasteiger partial charge in [0.25, 0.3) is 0 Å². The van der Waals surface area contributed by atoms with Gasteiger partial charge in [0.2, 0.25) is 0 Å². The number of hydrogen-bond acceptors (Lipinski definition) is 0. The molecule has 0 saturated carbocycles. The van der Waals surface area contributed by atoms with Gasteiger partial charge in [-0.25, -0.2) is 0 Å². The van der Waals surface area contributed by atoms with Crippen LogP contribution in [-0.4, -0.2) is 0 Å². The molecule has 0 heterocycles. The topological polar surface area (TPSA) is 0 Å². The molecule has 0 saturated heterocycles. The predicted octanol–water partition coefficient (Wildman–Crippen LogP) is 7.59. The third-order valence-electron chi connectivity index (χ3n) is 3.91. The molecule has 1 aromatic rings. The molecule has 130 valence electrons. The average molecular weight is 323 g/mol. The van der Waals surface area contributed by atoms with Crippen LogP contribution < -0.4 is 0 Å². The van der Waals surface area contributed by atoms with Crippen LogP contribution in [0.3, 0.4) is 0 Å². The van der Waals surface area contributed by atoms with Gasteiger partial charge in [0, 0.05) is 0 Å². The third kappa shape index (κ3) is 12.7. The summed E-state index contributed by atoms with van der Waals surface area (Å²) in [6.07, 6.45) is 28.9. The van der Waals surface area contributed by atoms with E-state index in [1.54, 1.807) is 0 Å². The summed E-state index contributed by atoms with van der Waals surface area (Å²) in [7, 11) is 0. The van der Waals surface area contributed by atoms with Crippen molar-refractivity contribution in [2.45, 2.75) is 64.7 Å². The fourth-order valence-corrected chi connectivity index (χ4v) is 2.52. The second-order valence-corrected chi connectivity index (χ2v) is 6.09. The number of unbranched alkanes of at least 4 members (excludes halogenated alkanes) is 4.